The SMILES string of the molecule is COC(=O)c1ccc(NC(=O)/C(C)=C/C(=O)N(C)C2CCN(C)CC2)cc1. The standard InChI is InChI=1S/C20H27N3O4/c1-14(13-18(24)23(3)17-9-11-22(2)12-10-17)19(25)21-16-7-5-15(6-8-16)20(26)27-4/h5-8,13,17H,9-12H2,1-4H3,(H,21,25)/b14-13+. The van der Waals surface area contributed by atoms with Crippen LogP contribution in [0, 0.1) is 0 Å². The molecule has 7 nitrogen and oxygen atoms in total. The van der Waals surface area contributed by atoms with E-state index >= 15 is 0 Å². The zero-order valence-electron chi connectivity index (χ0n) is 16.3. The molecule has 1 aliphatic rings. The highest BCUT2D eigenvalue weighted by Crippen LogP contribution is 2.15. The first kappa shape index (κ1) is 20.6. The number of hydrogen-bond acceptors (Lipinski definition) is 5. The lowest BCUT2D eigenvalue weighted by Crippen LogP contribution is -2.44. The van der Waals surface area contributed by atoms with Crippen molar-refractivity contribution in [2.75, 3.05) is 39.6 Å². The number of methoxy groups -OCH3 is 1. The van der Waals surface area contributed by atoms with Gasteiger partial charge in [0.05, 0.1) is 12.7 Å². The Labute approximate surface area is 160 Å². The van der Waals surface area contributed by atoms with E-state index in [1.165, 1.54) is 13.2 Å². The average Bonchev–Trinajstić information content (AvgIpc) is 2.67. The number of amides is 2. The lowest BCUT2D eigenvalue weighted by atomic mass is 10.0. The largest absolute Gasteiger partial charge is 0.465 e. The van der Waals surface area contributed by atoms with E-state index in [9.17, 15) is 14.4 Å². The number of ether oxygens (including phenoxy) is 1. The molecule has 1 aliphatic heterocycles. The van der Waals surface area contributed by atoms with Gasteiger partial charge in [0.1, 0.15) is 0 Å². The van der Waals surface area contributed by atoms with Crippen molar-refractivity contribution in [1.82, 2.24) is 9.80 Å². The molecule has 1 aromatic carbocycles. The van der Waals surface area contributed by atoms with Crippen LogP contribution in [0.1, 0.15) is 30.1 Å². The van der Waals surface area contributed by atoms with Gasteiger partial charge in [0.25, 0.3) is 5.91 Å². The van der Waals surface area contributed by atoms with Gasteiger partial charge in [-0.15, -0.1) is 0 Å². The third-order valence-corrected chi connectivity index (χ3v) is 4.85. The van der Waals surface area contributed by atoms with Crippen LogP contribution in [0.4, 0.5) is 5.69 Å². The minimum absolute atomic E-state index is 0.168. The Hall–Kier alpha value is -2.67. The van der Waals surface area contributed by atoms with Crippen molar-refractivity contribution < 1.29 is 19.1 Å². The van der Waals surface area contributed by atoms with Gasteiger partial charge in [-0.3, -0.25) is 9.59 Å². The molecule has 1 N–H and O–H groups in total. The van der Waals surface area contributed by atoms with Crippen LogP contribution in [0.3, 0.4) is 0 Å². The summed E-state index contributed by atoms with van der Waals surface area (Å²) < 4.78 is 4.64. The van der Waals surface area contributed by atoms with Gasteiger partial charge in [-0.25, -0.2) is 4.79 Å². The van der Waals surface area contributed by atoms with Crippen molar-refractivity contribution in [2.24, 2.45) is 0 Å². The number of nitrogens with one attached hydrogen (secondary N) is 1. The summed E-state index contributed by atoms with van der Waals surface area (Å²) in [5.41, 5.74) is 1.27. The molecular weight excluding hydrogens is 346 g/mol. The zero-order chi connectivity index (χ0) is 20.0. The first-order valence-corrected chi connectivity index (χ1v) is 8.95. The number of benzene rings is 1. The molecule has 0 atom stereocenters. The summed E-state index contributed by atoms with van der Waals surface area (Å²) in [7, 11) is 5.17. The van der Waals surface area contributed by atoms with E-state index in [0.29, 0.717) is 16.8 Å². The Morgan fingerprint density at radius 2 is 1.78 bits per heavy atom. The fourth-order valence-electron chi connectivity index (χ4n) is 2.95. The Morgan fingerprint density at radius 3 is 2.33 bits per heavy atom. The highest BCUT2D eigenvalue weighted by atomic mass is 16.5. The predicted octanol–water partition coefficient (Wildman–Crippen LogP) is 1.91. The van der Waals surface area contributed by atoms with E-state index in [2.05, 4.69) is 22.0 Å². The van der Waals surface area contributed by atoms with Crippen LogP contribution in [0.25, 0.3) is 0 Å². The summed E-state index contributed by atoms with van der Waals surface area (Å²) in [6.07, 6.45) is 3.24. The van der Waals surface area contributed by atoms with Crippen molar-refractivity contribution in [2.45, 2.75) is 25.8 Å². The van der Waals surface area contributed by atoms with Crippen molar-refractivity contribution in [3.8, 4) is 0 Å². The highest BCUT2D eigenvalue weighted by Gasteiger charge is 2.23. The summed E-state index contributed by atoms with van der Waals surface area (Å²) in [6, 6.07) is 6.57. The number of rotatable bonds is 5. The van der Waals surface area contributed by atoms with Crippen LogP contribution in [-0.4, -0.2) is 67.9 Å². The highest BCUT2D eigenvalue weighted by molar-refractivity contribution is 6.07. The van der Waals surface area contributed by atoms with Crippen LogP contribution in [-0.2, 0) is 14.3 Å². The number of piperidine rings is 1. The maximum absolute atomic E-state index is 12.4. The number of hydrogen-bond donors (Lipinski definition) is 1. The Balaban J connectivity index is 1.95. The lowest BCUT2D eigenvalue weighted by molar-refractivity contribution is -0.128. The van der Waals surface area contributed by atoms with Crippen molar-refractivity contribution in [3.05, 3.63) is 41.5 Å². The van der Waals surface area contributed by atoms with Crippen LogP contribution < -0.4 is 5.32 Å². The number of likely N-dealkylation sites (tertiary alicyclic amines) is 1. The lowest BCUT2D eigenvalue weighted by Gasteiger charge is -2.34. The van der Waals surface area contributed by atoms with Gasteiger partial charge in [0.2, 0.25) is 5.91 Å². The van der Waals surface area contributed by atoms with Crippen LogP contribution in [0.2, 0.25) is 0 Å². The molecule has 2 amide bonds. The maximum Gasteiger partial charge on any atom is 0.337 e. The molecule has 1 fully saturated rings. The number of carbonyl (C=O) groups is 3. The molecule has 0 aromatic heterocycles. The van der Waals surface area contributed by atoms with E-state index in [0.717, 1.165) is 25.9 Å². The number of likely N-dealkylation sites (N-methyl/N-ethyl adjacent to an activating group) is 1. The summed E-state index contributed by atoms with van der Waals surface area (Å²) in [4.78, 5) is 40.2. The normalized spacial score (nSPS) is 15.9. The minimum atomic E-state index is -0.438. The first-order valence-electron chi connectivity index (χ1n) is 8.95. The molecule has 7 heteroatoms. The third kappa shape index (κ3) is 5.65. The van der Waals surface area contributed by atoms with Crippen molar-refractivity contribution in [3.63, 3.8) is 0 Å². The zero-order valence-corrected chi connectivity index (χ0v) is 16.3. The number of carbonyl (C=O) groups excluding carboxylic acids is 3. The molecular formula is C20H27N3O4. The second-order valence-corrected chi connectivity index (χ2v) is 6.83. The van der Waals surface area contributed by atoms with Crippen molar-refractivity contribution in [1.29, 1.82) is 0 Å². The Bertz CT molecular complexity index is 719. The molecule has 1 heterocycles. The van der Waals surface area contributed by atoms with E-state index in [-0.39, 0.29) is 17.9 Å². The molecule has 2 rings (SSSR count). The van der Waals surface area contributed by atoms with Crippen LogP contribution in [0.15, 0.2) is 35.9 Å². The van der Waals surface area contributed by atoms with Gasteiger partial charge in [0, 0.05) is 30.4 Å². The van der Waals surface area contributed by atoms with Gasteiger partial charge in [-0.2, -0.15) is 0 Å². The molecule has 1 aromatic rings. The molecule has 0 radical (unpaired) electrons. The van der Waals surface area contributed by atoms with E-state index in [1.807, 2.05) is 0 Å². The average molecular weight is 373 g/mol. The van der Waals surface area contributed by atoms with Gasteiger partial charge >= 0.3 is 5.97 Å². The quantitative estimate of drug-likeness (QED) is 0.630. The summed E-state index contributed by atoms with van der Waals surface area (Å²) in [5.74, 6) is -0.962. The van der Waals surface area contributed by atoms with Gasteiger partial charge < -0.3 is 19.9 Å². The fraction of sp³-hybridized carbons (Fsp3) is 0.450. The van der Waals surface area contributed by atoms with Gasteiger partial charge in [-0.05, 0) is 64.2 Å². The van der Waals surface area contributed by atoms with Crippen molar-refractivity contribution >= 4 is 23.5 Å². The molecule has 0 spiro atoms. The molecule has 27 heavy (non-hydrogen) atoms. The minimum Gasteiger partial charge on any atom is -0.465 e. The van der Waals surface area contributed by atoms with Crippen LogP contribution >= 0.6 is 0 Å². The smallest absolute Gasteiger partial charge is 0.337 e. The molecule has 1 saturated heterocycles. The topological polar surface area (TPSA) is 78.9 Å². The Kier molecular flexibility index (Phi) is 7.12. The predicted molar refractivity (Wildman–Crippen MR) is 103 cm³/mol. The monoisotopic (exact) mass is 373 g/mol. The molecule has 146 valence electrons. The molecule has 0 bridgehead atoms. The molecule has 0 saturated carbocycles. The van der Waals surface area contributed by atoms with Gasteiger partial charge in [0.15, 0.2) is 0 Å². The summed E-state index contributed by atoms with van der Waals surface area (Å²) >= 11 is 0. The van der Waals surface area contributed by atoms with E-state index < -0.39 is 5.97 Å². The fourth-order valence-corrected chi connectivity index (χ4v) is 2.95. The second kappa shape index (κ2) is 9.32. The summed E-state index contributed by atoms with van der Waals surface area (Å²) in [5, 5.41) is 2.72. The van der Waals surface area contributed by atoms with Gasteiger partial charge in [-0.1, -0.05) is 0 Å². The first-order chi connectivity index (χ1) is 12.8. The summed E-state index contributed by atoms with van der Waals surface area (Å²) in [6.45, 7) is 3.54. The molecule has 0 unspecified atom stereocenters. The number of anilines is 1. The molecule has 0 aliphatic carbocycles. The number of esters is 1. The number of nitrogens with zero attached hydrogens (tertiary/aromatic N) is 2. The third-order valence-electron chi connectivity index (χ3n) is 4.85. The second-order valence-electron chi connectivity index (χ2n) is 6.83. The van der Waals surface area contributed by atoms with E-state index in [4.69, 9.17) is 0 Å². The Morgan fingerprint density at radius 1 is 1.19 bits per heavy atom. The van der Waals surface area contributed by atoms with Crippen LogP contribution in [0.5, 0.6) is 0 Å². The maximum atomic E-state index is 12.4. The van der Waals surface area contributed by atoms with E-state index in [1.54, 1.807) is 43.1 Å².